The molecule has 204 valence electrons. The smallest absolute Gasteiger partial charge is 0.159 e. The second-order valence-corrected chi connectivity index (χ2v) is 10.7. The number of hydrogen-bond acceptors (Lipinski definition) is 4. The Morgan fingerprint density at radius 3 is 1.86 bits per heavy atom. The maximum atomic E-state index is 6.13. The maximum Gasteiger partial charge on any atom is 0.159 e. The zero-order valence-corrected chi connectivity index (χ0v) is 23.3. The predicted molar refractivity (Wildman–Crippen MR) is 176 cm³/mol. The lowest BCUT2D eigenvalue weighted by molar-refractivity contribution is 0.669. The first-order valence-corrected chi connectivity index (χ1v) is 14.5. The molecule has 7 aromatic rings. The number of nitrogens with one attached hydrogen (secondary N) is 1. The van der Waals surface area contributed by atoms with Crippen LogP contribution in [-0.4, -0.2) is 11.7 Å². The molecule has 1 aromatic heterocycles. The molecule has 0 bridgehead atoms. The monoisotopic (exact) mass is 553 g/mol. The first-order valence-electron chi connectivity index (χ1n) is 14.5. The van der Waals surface area contributed by atoms with Crippen molar-refractivity contribution in [3.05, 3.63) is 168 Å². The molecule has 1 atom stereocenters. The van der Waals surface area contributed by atoms with E-state index in [4.69, 9.17) is 14.4 Å². The van der Waals surface area contributed by atoms with Crippen molar-refractivity contribution in [3.63, 3.8) is 0 Å². The van der Waals surface area contributed by atoms with E-state index >= 15 is 0 Å². The molecule has 1 aliphatic heterocycles. The molecule has 0 amide bonds. The molecule has 0 radical (unpaired) electrons. The van der Waals surface area contributed by atoms with E-state index in [0.717, 1.165) is 55.6 Å². The van der Waals surface area contributed by atoms with Gasteiger partial charge in [0.1, 0.15) is 23.2 Å². The van der Waals surface area contributed by atoms with Crippen LogP contribution in [0.25, 0.3) is 44.2 Å². The third-order valence-corrected chi connectivity index (χ3v) is 7.98. The zero-order valence-electron chi connectivity index (χ0n) is 23.3. The fourth-order valence-corrected chi connectivity index (χ4v) is 5.79. The summed E-state index contributed by atoms with van der Waals surface area (Å²) in [4.78, 5) is 10.0. The van der Waals surface area contributed by atoms with Crippen molar-refractivity contribution < 1.29 is 4.42 Å². The third-order valence-electron chi connectivity index (χ3n) is 7.98. The van der Waals surface area contributed by atoms with Gasteiger partial charge < -0.3 is 9.73 Å². The summed E-state index contributed by atoms with van der Waals surface area (Å²) in [5.41, 5.74) is 9.52. The molecule has 1 aliphatic rings. The van der Waals surface area contributed by atoms with E-state index in [1.165, 1.54) is 11.1 Å². The molecule has 0 fully saturated rings. The summed E-state index contributed by atoms with van der Waals surface area (Å²) < 4.78 is 6.13. The van der Waals surface area contributed by atoms with Crippen molar-refractivity contribution in [2.45, 2.75) is 6.17 Å². The van der Waals surface area contributed by atoms with Crippen LogP contribution in [0.5, 0.6) is 0 Å². The lowest BCUT2D eigenvalue weighted by atomic mass is 9.98. The maximum absolute atomic E-state index is 6.13. The summed E-state index contributed by atoms with van der Waals surface area (Å²) in [5, 5.41) is 5.87. The van der Waals surface area contributed by atoms with E-state index in [0.29, 0.717) is 5.84 Å². The normalized spacial score (nSPS) is 14.7. The van der Waals surface area contributed by atoms with E-state index in [-0.39, 0.29) is 6.17 Å². The number of aliphatic imine (C=N–C) groups is 2. The van der Waals surface area contributed by atoms with E-state index in [9.17, 15) is 0 Å². The molecule has 0 saturated heterocycles. The summed E-state index contributed by atoms with van der Waals surface area (Å²) in [5.74, 6) is 1.52. The second-order valence-electron chi connectivity index (χ2n) is 10.7. The van der Waals surface area contributed by atoms with Crippen molar-refractivity contribution in [1.82, 2.24) is 5.32 Å². The van der Waals surface area contributed by atoms with Gasteiger partial charge in [-0.25, -0.2) is 9.98 Å². The van der Waals surface area contributed by atoms with E-state index < -0.39 is 0 Å². The Morgan fingerprint density at radius 2 is 1.09 bits per heavy atom. The van der Waals surface area contributed by atoms with Crippen molar-refractivity contribution in [2.75, 3.05) is 0 Å². The first-order chi connectivity index (χ1) is 21.3. The fourth-order valence-electron chi connectivity index (χ4n) is 5.79. The Labute approximate surface area is 249 Å². The number of fused-ring (bicyclic) bond motifs is 3. The van der Waals surface area contributed by atoms with Crippen molar-refractivity contribution in [2.24, 2.45) is 9.98 Å². The molecule has 4 nitrogen and oxygen atoms in total. The third kappa shape index (κ3) is 4.69. The van der Waals surface area contributed by atoms with Gasteiger partial charge in [-0.1, -0.05) is 140 Å². The summed E-state index contributed by atoms with van der Waals surface area (Å²) >= 11 is 0. The Bertz CT molecular complexity index is 2130. The van der Waals surface area contributed by atoms with Gasteiger partial charge in [0.2, 0.25) is 0 Å². The minimum Gasteiger partial charge on any atom is -0.456 e. The molecule has 0 saturated carbocycles. The van der Waals surface area contributed by atoms with Gasteiger partial charge in [-0.15, -0.1) is 0 Å². The molecule has 6 aromatic carbocycles. The molecule has 43 heavy (non-hydrogen) atoms. The van der Waals surface area contributed by atoms with Crippen LogP contribution < -0.4 is 5.32 Å². The molecule has 0 aliphatic carbocycles. The average molecular weight is 554 g/mol. The number of benzene rings is 6. The Balaban J connectivity index is 1.15. The Kier molecular flexibility index (Phi) is 6.16. The summed E-state index contributed by atoms with van der Waals surface area (Å²) in [7, 11) is 0. The highest BCUT2D eigenvalue weighted by Crippen LogP contribution is 2.37. The lowest BCUT2D eigenvalue weighted by Crippen LogP contribution is -2.33. The van der Waals surface area contributed by atoms with Crippen molar-refractivity contribution in [3.8, 4) is 22.3 Å². The predicted octanol–water partition coefficient (Wildman–Crippen LogP) is 9.42. The van der Waals surface area contributed by atoms with Crippen LogP contribution in [0, 0.1) is 0 Å². The molecular formula is C39H27N3O. The van der Waals surface area contributed by atoms with Gasteiger partial charge in [0, 0.05) is 21.9 Å². The summed E-state index contributed by atoms with van der Waals surface area (Å²) in [6.07, 6.45) is -0.281. The number of hydrogen-bond donors (Lipinski definition) is 1. The second kappa shape index (κ2) is 10.6. The highest BCUT2D eigenvalue weighted by Gasteiger charge is 2.21. The van der Waals surface area contributed by atoms with Gasteiger partial charge in [-0.05, 0) is 39.9 Å². The lowest BCUT2D eigenvalue weighted by Gasteiger charge is -2.24. The van der Waals surface area contributed by atoms with Crippen LogP contribution in [0.2, 0.25) is 0 Å². The zero-order chi connectivity index (χ0) is 28.6. The Morgan fingerprint density at radius 1 is 0.488 bits per heavy atom. The van der Waals surface area contributed by atoms with Gasteiger partial charge in [-0.2, -0.15) is 0 Å². The molecule has 1 N–H and O–H groups in total. The Hall–Kier alpha value is -5.74. The highest BCUT2D eigenvalue weighted by atomic mass is 16.3. The molecule has 8 rings (SSSR count). The quantitative estimate of drug-likeness (QED) is 0.231. The number of furan rings is 1. The van der Waals surface area contributed by atoms with Crippen LogP contribution in [0.3, 0.4) is 0 Å². The van der Waals surface area contributed by atoms with Gasteiger partial charge in [0.15, 0.2) is 5.84 Å². The number of amidine groups is 2. The number of nitrogens with zero attached hydrogens (tertiary/aromatic N) is 2. The number of para-hydroxylation sites is 1. The van der Waals surface area contributed by atoms with Gasteiger partial charge in [0.05, 0.1) is 0 Å². The van der Waals surface area contributed by atoms with E-state index in [2.05, 4.69) is 115 Å². The highest BCUT2D eigenvalue weighted by molar-refractivity contribution is 6.13. The van der Waals surface area contributed by atoms with Crippen molar-refractivity contribution in [1.29, 1.82) is 0 Å². The van der Waals surface area contributed by atoms with E-state index in [1.54, 1.807) is 0 Å². The minimum absolute atomic E-state index is 0.281. The van der Waals surface area contributed by atoms with Crippen molar-refractivity contribution >= 4 is 33.6 Å². The largest absolute Gasteiger partial charge is 0.456 e. The van der Waals surface area contributed by atoms with Gasteiger partial charge in [0.25, 0.3) is 0 Å². The molecule has 2 heterocycles. The van der Waals surface area contributed by atoms with Crippen LogP contribution >= 0.6 is 0 Å². The molecule has 0 spiro atoms. The molecule has 1 unspecified atom stereocenters. The summed E-state index contributed by atoms with van der Waals surface area (Å²) in [6, 6.07) is 52.2. The first kappa shape index (κ1) is 25.0. The number of rotatable bonds is 5. The fraction of sp³-hybridized carbons (Fsp3) is 0.0256. The van der Waals surface area contributed by atoms with Crippen LogP contribution in [0.15, 0.2) is 166 Å². The minimum atomic E-state index is -0.281. The van der Waals surface area contributed by atoms with Gasteiger partial charge >= 0.3 is 0 Å². The molecule has 4 heteroatoms. The van der Waals surface area contributed by atoms with Crippen LogP contribution in [0.1, 0.15) is 22.9 Å². The average Bonchev–Trinajstić information content (AvgIpc) is 3.48. The summed E-state index contributed by atoms with van der Waals surface area (Å²) in [6.45, 7) is 0. The topological polar surface area (TPSA) is 49.9 Å². The SMILES string of the molecule is c1ccc(C2=NC(c3ccc(-c4cccc5oc6ccccc6c45)cc3)NC(c3ccc(-c4ccccc4)cc3)=N2)cc1. The van der Waals surface area contributed by atoms with Crippen LogP contribution in [-0.2, 0) is 0 Å². The van der Waals surface area contributed by atoms with Crippen LogP contribution in [0.4, 0.5) is 0 Å². The van der Waals surface area contributed by atoms with Gasteiger partial charge in [-0.3, -0.25) is 0 Å². The van der Waals surface area contributed by atoms with E-state index in [1.807, 2.05) is 42.5 Å². The standard InChI is InChI=1S/C39H27N3O/c1-3-10-26(11-4-1)27-18-22-30(23-19-27)38-40-37(29-12-5-2-6-13-29)41-39(42-38)31-24-20-28(21-25-31)32-15-9-17-35-36(32)33-14-7-8-16-34(33)43-35/h1-25,39H,(H,40,41,42). The molecular weight excluding hydrogens is 526 g/mol.